The summed E-state index contributed by atoms with van der Waals surface area (Å²) in [6.07, 6.45) is 11.3. The molecule has 35 heavy (non-hydrogen) atoms. The van der Waals surface area contributed by atoms with Crippen LogP contribution in [0.25, 0.3) is 17.2 Å². The monoisotopic (exact) mass is 476 g/mol. The smallest absolute Gasteiger partial charge is 0.166 e. The average Bonchev–Trinajstić information content (AvgIpc) is 2.89. The Kier molecular flexibility index (Phi) is 8.49. The van der Waals surface area contributed by atoms with Gasteiger partial charge in [-0.1, -0.05) is 81.0 Å². The van der Waals surface area contributed by atoms with Gasteiger partial charge in [0.2, 0.25) is 0 Å². The van der Waals surface area contributed by atoms with Crippen LogP contribution in [0.5, 0.6) is 0 Å². The van der Waals surface area contributed by atoms with Crippen LogP contribution in [0.15, 0.2) is 60.7 Å². The molecule has 4 rings (SSSR count). The predicted octanol–water partition coefficient (Wildman–Crippen LogP) is 9.66. The van der Waals surface area contributed by atoms with Crippen LogP contribution in [-0.2, 0) is 12.8 Å². The first kappa shape index (κ1) is 25.3. The minimum absolute atomic E-state index is 0.0141. The second kappa shape index (κ2) is 11.7. The van der Waals surface area contributed by atoms with Crippen LogP contribution in [-0.4, -0.2) is 0 Å². The number of aryl methyl sites for hydroxylation is 2. The number of allylic oxidation sites excluding steroid dienone is 1. The van der Waals surface area contributed by atoms with Crippen molar-refractivity contribution >= 4 is 6.08 Å². The van der Waals surface area contributed by atoms with Crippen molar-refractivity contribution in [2.75, 3.05) is 0 Å². The summed E-state index contributed by atoms with van der Waals surface area (Å²) in [5.41, 5.74) is 4.32. The van der Waals surface area contributed by atoms with Crippen molar-refractivity contribution in [2.45, 2.75) is 71.1 Å². The molecule has 0 radical (unpaired) electrons. The van der Waals surface area contributed by atoms with Gasteiger partial charge in [-0.15, -0.1) is 0 Å². The molecule has 0 bridgehead atoms. The first-order valence-electron chi connectivity index (χ1n) is 13.0. The van der Waals surface area contributed by atoms with Gasteiger partial charge in [-0.25, -0.2) is 13.2 Å². The lowest BCUT2D eigenvalue weighted by molar-refractivity contribution is 0.365. The normalized spacial score (nSPS) is 18.3. The predicted molar refractivity (Wildman–Crippen MR) is 140 cm³/mol. The maximum absolute atomic E-state index is 15.1. The molecular formula is C32H35F3. The fraction of sp³-hybridized carbons (Fsp3) is 0.375. The summed E-state index contributed by atoms with van der Waals surface area (Å²) in [5, 5.41) is 0. The maximum Gasteiger partial charge on any atom is 0.166 e. The standard InChI is InChI=1S/C32H35F3/c1-3-5-6-24-12-18-27(30(33)21-24)17-11-23-9-15-26(16-10-23)29-20-19-28(31(34)32(29)35)25-13-7-22(4-2)8-14-25/h7-8,11-14,17-21,23,26H,3-6,9-10,15-16H2,1-2H3/b17-11+. The Hall–Kier alpha value is -2.81. The molecule has 3 aromatic carbocycles. The molecule has 3 heteroatoms. The molecule has 1 fully saturated rings. The van der Waals surface area contributed by atoms with Crippen LogP contribution in [0, 0.1) is 23.4 Å². The van der Waals surface area contributed by atoms with E-state index in [9.17, 15) is 8.78 Å². The molecule has 0 atom stereocenters. The van der Waals surface area contributed by atoms with Crippen LogP contribution >= 0.6 is 0 Å². The Labute approximate surface area is 207 Å². The van der Waals surface area contributed by atoms with E-state index in [2.05, 4.69) is 19.9 Å². The minimum Gasteiger partial charge on any atom is -0.206 e. The molecule has 1 aliphatic rings. The molecule has 0 amide bonds. The van der Waals surface area contributed by atoms with Gasteiger partial charge in [-0.3, -0.25) is 0 Å². The Morgan fingerprint density at radius 2 is 1.51 bits per heavy atom. The summed E-state index contributed by atoms with van der Waals surface area (Å²) in [5.74, 6) is -1.31. The topological polar surface area (TPSA) is 0 Å². The summed E-state index contributed by atoms with van der Waals surface area (Å²) >= 11 is 0. The molecule has 1 saturated carbocycles. The number of halogens is 3. The molecule has 3 aromatic rings. The molecule has 0 unspecified atom stereocenters. The average molecular weight is 477 g/mol. The van der Waals surface area contributed by atoms with E-state index in [4.69, 9.17) is 0 Å². The van der Waals surface area contributed by atoms with E-state index < -0.39 is 11.6 Å². The van der Waals surface area contributed by atoms with Crippen molar-refractivity contribution in [3.63, 3.8) is 0 Å². The Balaban J connectivity index is 1.39. The van der Waals surface area contributed by atoms with Crippen LogP contribution in [0.3, 0.4) is 0 Å². The molecule has 0 nitrogen and oxygen atoms in total. The molecule has 0 spiro atoms. The summed E-state index contributed by atoms with van der Waals surface area (Å²) < 4.78 is 44.5. The van der Waals surface area contributed by atoms with Gasteiger partial charge in [0.25, 0.3) is 0 Å². The van der Waals surface area contributed by atoms with E-state index in [1.54, 1.807) is 18.2 Å². The van der Waals surface area contributed by atoms with Gasteiger partial charge in [0.05, 0.1) is 0 Å². The fourth-order valence-electron chi connectivity index (χ4n) is 5.13. The first-order valence-corrected chi connectivity index (χ1v) is 13.0. The Morgan fingerprint density at radius 3 is 2.17 bits per heavy atom. The van der Waals surface area contributed by atoms with Crippen molar-refractivity contribution in [3.8, 4) is 11.1 Å². The third kappa shape index (κ3) is 6.07. The maximum atomic E-state index is 15.1. The Bertz CT molecular complexity index is 1150. The quantitative estimate of drug-likeness (QED) is 0.303. The highest BCUT2D eigenvalue weighted by atomic mass is 19.2. The zero-order valence-corrected chi connectivity index (χ0v) is 20.8. The third-order valence-corrected chi connectivity index (χ3v) is 7.43. The molecule has 0 saturated heterocycles. The highest BCUT2D eigenvalue weighted by Crippen LogP contribution is 2.39. The number of rotatable bonds is 8. The summed E-state index contributed by atoms with van der Waals surface area (Å²) in [4.78, 5) is 0. The van der Waals surface area contributed by atoms with Crippen LogP contribution in [0.2, 0.25) is 0 Å². The second-order valence-corrected chi connectivity index (χ2v) is 9.81. The van der Waals surface area contributed by atoms with Gasteiger partial charge < -0.3 is 0 Å². The highest BCUT2D eigenvalue weighted by molar-refractivity contribution is 5.65. The zero-order valence-electron chi connectivity index (χ0n) is 20.8. The van der Waals surface area contributed by atoms with E-state index in [0.29, 0.717) is 28.2 Å². The van der Waals surface area contributed by atoms with Gasteiger partial charge in [0, 0.05) is 11.1 Å². The third-order valence-electron chi connectivity index (χ3n) is 7.43. The lowest BCUT2D eigenvalue weighted by atomic mass is 9.78. The number of unbranched alkanes of at least 4 members (excludes halogenated alkanes) is 1. The SMILES string of the molecule is CCCCc1ccc(/C=C/C2CCC(c3ccc(-c4ccc(CC)cc4)c(F)c3F)CC2)c(F)c1. The zero-order chi connectivity index (χ0) is 24.8. The summed E-state index contributed by atoms with van der Waals surface area (Å²) in [6, 6.07) is 16.6. The van der Waals surface area contributed by atoms with E-state index in [1.807, 2.05) is 42.5 Å². The lowest BCUT2D eigenvalue weighted by Crippen LogP contribution is -2.13. The highest BCUT2D eigenvalue weighted by Gasteiger charge is 2.25. The van der Waals surface area contributed by atoms with Crippen molar-refractivity contribution in [1.82, 2.24) is 0 Å². The first-order chi connectivity index (χ1) is 17.0. The van der Waals surface area contributed by atoms with Gasteiger partial charge in [-0.2, -0.15) is 0 Å². The largest absolute Gasteiger partial charge is 0.206 e. The summed E-state index contributed by atoms with van der Waals surface area (Å²) in [6.45, 7) is 4.20. The molecule has 184 valence electrons. The van der Waals surface area contributed by atoms with Gasteiger partial charge in [-0.05, 0) is 85.1 Å². The lowest BCUT2D eigenvalue weighted by Gasteiger charge is -2.27. The van der Waals surface area contributed by atoms with Crippen molar-refractivity contribution < 1.29 is 13.2 Å². The van der Waals surface area contributed by atoms with Crippen LogP contribution < -0.4 is 0 Å². The molecule has 0 N–H and O–H groups in total. The summed E-state index contributed by atoms with van der Waals surface area (Å²) in [7, 11) is 0. The van der Waals surface area contributed by atoms with Crippen LogP contribution in [0.4, 0.5) is 13.2 Å². The molecule has 0 heterocycles. The number of benzene rings is 3. The molecule has 0 aliphatic heterocycles. The van der Waals surface area contributed by atoms with E-state index in [-0.39, 0.29) is 11.7 Å². The van der Waals surface area contributed by atoms with E-state index in [1.165, 1.54) is 5.56 Å². The molecule has 0 aromatic heterocycles. The minimum atomic E-state index is -0.758. The van der Waals surface area contributed by atoms with E-state index in [0.717, 1.165) is 56.9 Å². The van der Waals surface area contributed by atoms with Crippen LogP contribution in [0.1, 0.15) is 80.5 Å². The van der Waals surface area contributed by atoms with E-state index >= 15 is 4.39 Å². The fourth-order valence-corrected chi connectivity index (χ4v) is 5.13. The van der Waals surface area contributed by atoms with Gasteiger partial charge in [0.1, 0.15) is 5.82 Å². The van der Waals surface area contributed by atoms with Gasteiger partial charge >= 0.3 is 0 Å². The second-order valence-electron chi connectivity index (χ2n) is 9.81. The molecular weight excluding hydrogens is 441 g/mol. The van der Waals surface area contributed by atoms with Crippen molar-refractivity contribution in [1.29, 1.82) is 0 Å². The number of hydrogen-bond donors (Lipinski definition) is 0. The molecule has 1 aliphatic carbocycles. The van der Waals surface area contributed by atoms with Crippen molar-refractivity contribution in [3.05, 3.63) is 100 Å². The Morgan fingerprint density at radius 1 is 0.800 bits per heavy atom. The van der Waals surface area contributed by atoms with Gasteiger partial charge in [0.15, 0.2) is 11.6 Å². The number of hydrogen-bond acceptors (Lipinski definition) is 0. The van der Waals surface area contributed by atoms with Crippen molar-refractivity contribution in [2.24, 2.45) is 5.92 Å².